The first kappa shape index (κ1) is 14.1. The summed E-state index contributed by atoms with van der Waals surface area (Å²) in [6, 6.07) is 0.299. The lowest BCUT2D eigenvalue weighted by Gasteiger charge is -2.34. The van der Waals surface area contributed by atoms with Gasteiger partial charge in [-0.25, -0.2) is 0 Å². The lowest BCUT2D eigenvalue weighted by molar-refractivity contribution is -0.131. The van der Waals surface area contributed by atoms with Gasteiger partial charge in [-0.2, -0.15) is 11.8 Å². The first-order valence-corrected chi connectivity index (χ1v) is 6.17. The van der Waals surface area contributed by atoms with Gasteiger partial charge in [0.1, 0.15) is 0 Å². The number of nitrogens with zero attached hydrogens (tertiary/aromatic N) is 1. The zero-order valence-electron chi connectivity index (χ0n) is 8.57. The summed E-state index contributed by atoms with van der Waals surface area (Å²) in [5.74, 6) is 0.846. The highest BCUT2D eigenvalue weighted by Crippen LogP contribution is 2.16. The number of likely N-dealkylation sites (tertiary alicyclic amines) is 1. The fourth-order valence-electron chi connectivity index (χ4n) is 1.78. The number of thioether (sulfide) groups is 1. The van der Waals surface area contributed by atoms with Gasteiger partial charge < -0.3 is 10.6 Å². The van der Waals surface area contributed by atoms with Crippen LogP contribution in [0.15, 0.2) is 0 Å². The van der Waals surface area contributed by atoms with Crippen molar-refractivity contribution in [2.24, 2.45) is 5.73 Å². The normalized spacial score (nSPS) is 21.6. The third-order valence-corrected chi connectivity index (χ3v) is 3.02. The second kappa shape index (κ2) is 7.37. The molecule has 0 radical (unpaired) electrons. The Morgan fingerprint density at radius 3 is 2.86 bits per heavy atom. The molecule has 3 nitrogen and oxygen atoms in total. The second-order valence-electron chi connectivity index (χ2n) is 3.41. The van der Waals surface area contributed by atoms with Crippen molar-refractivity contribution in [1.82, 2.24) is 4.90 Å². The molecule has 14 heavy (non-hydrogen) atoms. The topological polar surface area (TPSA) is 46.3 Å². The van der Waals surface area contributed by atoms with E-state index in [9.17, 15) is 4.79 Å². The van der Waals surface area contributed by atoms with E-state index in [0.717, 1.165) is 19.4 Å². The van der Waals surface area contributed by atoms with Crippen LogP contribution in [-0.2, 0) is 4.79 Å². The predicted molar refractivity (Wildman–Crippen MR) is 64.0 cm³/mol. The molecule has 1 rings (SSSR count). The number of carbonyl (C=O) groups is 1. The van der Waals surface area contributed by atoms with Gasteiger partial charge in [0.15, 0.2) is 0 Å². The van der Waals surface area contributed by atoms with Crippen molar-refractivity contribution in [2.45, 2.75) is 25.3 Å². The van der Waals surface area contributed by atoms with Crippen LogP contribution in [0.1, 0.15) is 19.3 Å². The third kappa shape index (κ3) is 3.67. The van der Waals surface area contributed by atoms with E-state index in [2.05, 4.69) is 0 Å². The lowest BCUT2D eigenvalue weighted by Crippen LogP contribution is -2.48. The van der Waals surface area contributed by atoms with Crippen molar-refractivity contribution in [1.29, 1.82) is 0 Å². The lowest BCUT2D eigenvalue weighted by atomic mass is 10.0. The van der Waals surface area contributed by atoms with Gasteiger partial charge in [-0.1, -0.05) is 0 Å². The molecule has 1 amide bonds. The van der Waals surface area contributed by atoms with Crippen molar-refractivity contribution in [3.05, 3.63) is 0 Å². The first-order chi connectivity index (χ1) is 6.29. The Balaban J connectivity index is 0.00000169. The highest BCUT2D eigenvalue weighted by Gasteiger charge is 2.24. The molecule has 0 aromatic rings. The van der Waals surface area contributed by atoms with E-state index >= 15 is 0 Å². The van der Waals surface area contributed by atoms with Gasteiger partial charge in [0, 0.05) is 19.1 Å². The molecule has 0 spiro atoms. The Morgan fingerprint density at radius 2 is 2.29 bits per heavy atom. The summed E-state index contributed by atoms with van der Waals surface area (Å²) in [4.78, 5) is 13.6. The number of carbonyl (C=O) groups excluding carboxylic acids is 1. The van der Waals surface area contributed by atoms with Crippen LogP contribution < -0.4 is 5.73 Å². The average molecular weight is 239 g/mol. The molecule has 5 heteroatoms. The molecule has 1 saturated heterocycles. The third-order valence-electron chi connectivity index (χ3n) is 2.49. The van der Waals surface area contributed by atoms with Crippen LogP contribution >= 0.6 is 24.2 Å². The summed E-state index contributed by atoms with van der Waals surface area (Å²) in [6.45, 7) is 1.52. The van der Waals surface area contributed by atoms with Crippen LogP contribution in [0.2, 0.25) is 0 Å². The number of nitrogens with two attached hydrogens (primary N) is 1. The molecule has 1 atom stereocenters. The number of hydrogen-bond acceptors (Lipinski definition) is 3. The SMILES string of the molecule is CSCC(=O)N1CCCCC1CN.Cl. The van der Waals surface area contributed by atoms with Crippen molar-refractivity contribution < 1.29 is 4.79 Å². The molecular formula is C9H19ClN2OS. The van der Waals surface area contributed by atoms with E-state index in [1.807, 2.05) is 11.2 Å². The molecule has 2 N–H and O–H groups in total. The average Bonchev–Trinajstić information content (AvgIpc) is 2.18. The highest BCUT2D eigenvalue weighted by molar-refractivity contribution is 7.99. The molecule has 0 aromatic heterocycles. The van der Waals surface area contributed by atoms with E-state index in [1.165, 1.54) is 6.42 Å². The molecule has 0 aliphatic carbocycles. The Hall–Kier alpha value is 0.0700. The van der Waals surface area contributed by atoms with Gasteiger partial charge in [-0.3, -0.25) is 4.79 Å². The summed E-state index contributed by atoms with van der Waals surface area (Å²) in [5.41, 5.74) is 5.63. The van der Waals surface area contributed by atoms with E-state index in [0.29, 0.717) is 18.3 Å². The molecule has 1 unspecified atom stereocenters. The van der Waals surface area contributed by atoms with Gasteiger partial charge >= 0.3 is 0 Å². The Bertz CT molecular complexity index is 180. The molecular weight excluding hydrogens is 220 g/mol. The van der Waals surface area contributed by atoms with Gasteiger partial charge in [0.25, 0.3) is 0 Å². The van der Waals surface area contributed by atoms with Gasteiger partial charge in [-0.15, -0.1) is 12.4 Å². The van der Waals surface area contributed by atoms with Crippen molar-refractivity contribution in [3.8, 4) is 0 Å². The molecule has 1 fully saturated rings. The Kier molecular flexibility index (Phi) is 7.41. The molecule has 1 aliphatic rings. The summed E-state index contributed by atoms with van der Waals surface area (Å²) in [6.07, 6.45) is 5.39. The molecule has 0 aromatic carbocycles. The highest BCUT2D eigenvalue weighted by atomic mass is 35.5. The van der Waals surface area contributed by atoms with E-state index < -0.39 is 0 Å². The van der Waals surface area contributed by atoms with Crippen LogP contribution in [0.4, 0.5) is 0 Å². The summed E-state index contributed by atoms with van der Waals surface area (Å²) in [5, 5.41) is 0. The zero-order chi connectivity index (χ0) is 9.68. The summed E-state index contributed by atoms with van der Waals surface area (Å²) >= 11 is 1.58. The predicted octanol–water partition coefficient (Wildman–Crippen LogP) is 1.11. The van der Waals surface area contributed by atoms with E-state index in [1.54, 1.807) is 11.8 Å². The fourth-order valence-corrected chi connectivity index (χ4v) is 2.19. The van der Waals surface area contributed by atoms with Gasteiger partial charge in [0.2, 0.25) is 5.91 Å². The monoisotopic (exact) mass is 238 g/mol. The minimum absolute atomic E-state index is 0. The Labute approximate surface area is 96.2 Å². The quantitative estimate of drug-likeness (QED) is 0.802. The first-order valence-electron chi connectivity index (χ1n) is 4.78. The van der Waals surface area contributed by atoms with E-state index in [-0.39, 0.29) is 18.3 Å². The van der Waals surface area contributed by atoms with Crippen LogP contribution in [0.25, 0.3) is 0 Å². The van der Waals surface area contributed by atoms with Crippen molar-refractivity contribution in [2.75, 3.05) is 25.1 Å². The number of hydrogen-bond donors (Lipinski definition) is 1. The molecule has 0 bridgehead atoms. The number of halogens is 1. The van der Waals surface area contributed by atoms with Crippen molar-refractivity contribution in [3.63, 3.8) is 0 Å². The number of rotatable bonds is 3. The van der Waals surface area contributed by atoms with Crippen LogP contribution in [-0.4, -0.2) is 41.9 Å². The largest absolute Gasteiger partial charge is 0.338 e. The molecule has 1 heterocycles. The zero-order valence-corrected chi connectivity index (χ0v) is 10.2. The van der Waals surface area contributed by atoms with E-state index in [4.69, 9.17) is 5.73 Å². The molecule has 84 valence electrons. The maximum Gasteiger partial charge on any atom is 0.232 e. The molecule has 0 saturated carbocycles. The number of amides is 1. The Morgan fingerprint density at radius 1 is 1.57 bits per heavy atom. The van der Waals surface area contributed by atoms with Crippen molar-refractivity contribution >= 4 is 30.1 Å². The van der Waals surface area contributed by atoms with Crippen LogP contribution in [0.3, 0.4) is 0 Å². The standard InChI is InChI=1S/C9H18N2OS.ClH/c1-13-7-9(12)11-5-3-2-4-8(11)6-10;/h8H,2-7,10H2,1H3;1H. The summed E-state index contributed by atoms with van der Waals surface area (Å²) in [7, 11) is 0. The maximum absolute atomic E-state index is 11.6. The van der Waals surface area contributed by atoms with Crippen LogP contribution in [0, 0.1) is 0 Å². The summed E-state index contributed by atoms with van der Waals surface area (Å²) < 4.78 is 0. The van der Waals surface area contributed by atoms with Crippen LogP contribution in [0.5, 0.6) is 0 Å². The second-order valence-corrected chi connectivity index (χ2v) is 4.27. The number of piperidine rings is 1. The smallest absolute Gasteiger partial charge is 0.232 e. The minimum atomic E-state index is 0. The maximum atomic E-state index is 11.6. The molecule has 1 aliphatic heterocycles. The van der Waals surface area contributed by atoms with Gasteiger partial charge in [0.05, 0.1) is 5.75 Å². The minimum Gasteiger partial charge on any atom is -0.338 e. The van der Waals surface area contributed by atoms with Gasteiger partial charge in [-0.05, 0) is 25.5 Å². The fraction of sp³-hybridized carbons (Fsp3) is 0.889.